The number of anilines is 1. The van der Waals surface area contributed by atoms with Crippen LogP contribution in [-0.2, 0) is 15.0 Å². The zero-order chi connectivity index (χ0) is 16.8. The quantitative estimate of drug-likeness (QED) is 0.502. The smallest absolute Gasteiger partial charge is 0.267 e. The number of rotatable bonds is 9. The number of benzene rings is 1. The van der Waals surface area contributed by atoms with Crippen molar-refractivity contribution < 1.29 is 32.4 Å². The van der Waals surface area contributed by atoms with Crippen LogP contribution >= 0.6 is 0 Å². The van der Waals surface area contributed by atoms with Gasteiger partial charge in [0.2, 0.25) is 0 Å². The lowest BCUT2D eigenvalue weighted by Crippen LogP contribution is -2.36. The van der Waals surface area contributed by atoms with Crippen molar-refractivity contribution in [3.05, 3.63) is 18.2 Å². The summed E-state index contributed by atoms with van der Waals surface area (Å²) < 4.78 is 40.7. The number of hydrogen-bond donors (Lipinski definition) is 2. The number of hydroxylamine groups is 1. The lowest BCUT2D eigenvalue weighted by Gasteiger charge is -2.26. The van der Waals surface area contributed by atoms with Crippen LogP contribution in [-0.4, -0.2) is 57.3 Å². The van der Waals surface area contributed by atoms with Crippen molar-refractivity contribution in [2.24, 2.45) is 0 Å². The van der Waals surface area contributed by atoms with Crippen LogP contribution in [0.3, 0.4) is 0 Å². The number of aliphatic hydroxyl groups excluding tert-OH is 1. The van der Waals surface area contributed by atoms with E-state index in [1.54, 1.807) is 25.1 Å². The third-order valence-corrected chi connectivity index (χ3v) is 3.49. The van der Waals surface area contributed by atoms with E-state index in [2.05, 4.69) is 0 Å². The average Bonchev–Trinajstić information content (AvgIpc) is 2.44. The first-order chi connectivity index (χ1) is 10.3. The van der Waals surface area contributed by atoms with Crippen LogP contribution in [0.25, 0.3) is 0 Å². The Balaban J connectivity index is 2.99. The van der Waals surface area contributed by atoms with Crippen molar-refractivity contribution in [3.8, 4) is 11.5 Å². The lowest BCUT2D eigenvalue weighted by atomic mass is 10.2. The first-order valence-electron chi connectivity index (χ1n) is 6.55. The summed E-state index contributed by atoms with van der Waals surface area (Å²) in [7, 11) is -1.28. The Morgan fingerprint density at radius 1 is 1.18 bits per heavy atom. The highest BCUT2D eigenvalue weighted by Crippen LogP contribution is 2.28. The van der Waals surface area contributed by atoms with E-state index in [1.165, 1.54) is 19.3 Å². The van der Waals surface area contributed by atoms with Crippen LogP contribution in [0, 0.1) is 0 Å². The van der Waals surface area contributed by atoms with E-state index in [9.17, 15) is 13.5 Å². The third-order valence-electron chi connectivity index (χ3n) is 2.69. The van der Waals surface area contributed by atoms with E-state index in [-0.39, 0.29) is 6.54 Å². The minimum Gasteiger partial charge on any atom is -0.497 e. The van der Waals surface area contributed by atoms with Gasteiger partial charge in [-0.05, 0) is 6.92 Å². The molecule has 2 N–H and O–H groups in total. The summed E-state index contributed by atoms with van der Waals surface area (Å²) in [4.78, 5) is 5.40. The number of aliphatic hydroxyl groups is 1. The molecule has 1 unspecified atom stereocenters. The van der Waals surface area contributed by atoms with E-state index < -0.39 is 22.0 Å². The summed E-state index contributed by atoms with van der Waals surface area (Å²) in [6.45, 7) is 1.90. The van der Waals surface area contributed by atoms with Gasteiger partial charge in [0.15, 0.2) is 0 Å². The second kappa shape index (κ2) is 8.18. The second-order valence-electron chi connectivity index (χ2n) is 4.45. The van der Waals surface area contributed by atoms with E-state index in [4.69, 9.17) is 18.9 Å². The SMILES string of the molecule is CCON(CC(O)CS(=O)(=O)O)c1cc(OC)cc(OC)c1. The molecule has 0 amide bonds. The first kappa shape index (κ1) is 18.5. The molecule has 0 saturated carbocycles. The predicted molar refractivity (Wildman–Crippen MR) is 80.9 cm³/mol. The standard InChI is InChI=1S/C13H21NO7S/c1-4-21-14(8-11(15)9-22(16,17)18)10-5-12(19-2)7-13(6-10)20-3/h5-7,11,15H,4,8-9H2,1-3H3,(H,16,17,18). The van der Waals surface area contributed by atoms with Crippen LogP contribution in [0.15, 0.2) is 18.2 Å². The number of nitrogens with zero attached hydrogens (tertiary/aromatic N) is 1. The van der Waals surface area contributed by atoms with Gasteiger partial charge in [0.25, 0.3) is 10.1 Å². The summed E-state index contributed by atoms with van der Waals surface area (Å²) >= 11 is 0. The Morgan fingerprint density at radius 2 is 1.73 bits per heavy atom. The summed E-state index contributed by atoms with van der Waals surface area (Å²) in [6.07, 6.45) is -1.32. The average molecular weight is 335 g/mol. The molecule has 0 aliphatic heterocycles. The molecule has 9 heteroatoms. The topological polar surface area (TPSA) is 106 Å². The van der Waals surface area contributed by atoms with Gasteiger partial charge in [-0.15, -0.1) is 0 Å². The van der Waals surface area contributed by atoms with Crippen LogP contribution in [0.2, 0.25) is 0 Å². The van der Waals surface area contributed by atoms with Gasteiger partial charge in [-0.3, -0.25) is 14.5 Å². The summed E-state index contributed by atoms with van der Waals surface area (Å²) in [6, 6.07) is 4.97. The maximum atomic E-state index is 10.8. The molecule has 8 nitrogen and oxygen atoms in total. The first-order valence-corrected chi connectivity index (χ1v) is 8.16. The molecule has 0 radical (unpaired) electrons. The molecule has 0 fully saturated rings. The molecule has 1 atom stereocenters. The molecule has 0 aliphatic rings. The molecule has 0 saturated heterocycles. The van der Waals surface area contributed by atoms with Crippen molar-refractivity contribution >= 4 is 15.8 Å². The summed E-state index contributed by atoms with van der Waals surface area (Å²) in [5.74, 6) is 0.254. The van der Waals surface area contributed by atoms with E-state index >= 15 is 0 Å². The molecule has 0 heterocycles. The molecule has 0 aromatic heterocycles. The van der Waals surface area contributed by atoms with E-state index in [0.29, 0.717) is 23.8 Å². The van der Waals surface area contributed by atoms with Crippen molar-refractivity contribution in [3.63, 3.8) is 0 Å². The highest BCUT2D eigenvalue weighted by molar-refractivity contribution is 7.85. The second-order valence-corrected chi connectivity index (χ2v) is 5.95. The highest BCUT2D eigenvalue weighted by Gasteiger charge is 2.19. The van der Waals surface area contributed by atoms with Gasteiger partial charge < -0.3 is 14.6 Å². The number of hydrogen-bond acceptors (Lipinski definition) is 7. The van der Waals surface area contributed by atoms with Gasteiger partial charge in [0.1, 0.15) is 17.3 Å². The minimum atomic E-state index is -4.27. The fraction of sp³-hybridized carbons (Fsp3) is 0.538. The minimum absolute atomic E-state index is 0.149. The maximum absolute atomic E-state index is 10.8. The van der Waals surface area contributed by atoms with Gasteiger partial charge in [-0.25, -0.2) is 0 Å². The fourth-order valence-electron chi connectivity index (χ4n) is 1.81. The molecule has 0 spiro atoms. The molecule has 1 aromatic rings. The number of ether oxygens (including phenoxy) is 2. The van der Waals surface area contributed by atoms with Crippen LogP contribution in [0.1, 0.15) is 6.92 Å². The van der Waals surface area contributed by atoms with Gasteiger partial charge >= 0.3 is 0 Å². The van der Waals surface area contributed by atoms with E-state index in [1.807, 2.05) is 0 Å². The molecule has 126 valence electrons. The molecule has 0 bridgehead atoms. The largest absolute Gasteiger partial charge is 0.497 e. The van der Waals surface area contributed by atoms with Crippen LogP contribution < -0.4 is 14.5 Å². The predicted octanol–water partition coefficient (Wildman–Crippen LogP) is 0.710. The summed E-state index contributed by atoms with van der Waals surface area (Å²) in [5.41, 5.74) is 0.521. The van der Waals surface area contributed by atoms with Gasteiger partial charge in [-0.1, -0.05) is 0 Å². The number of methoxy groups -OCH3 is 2. The van der Waals surface area contributed by atoms with Crippen LogP contribution in [0.5, 0.6) is 11.5 Å². The Morgan fingerprint density at radius 3 is 2.14 bits per heavy atom. The van der Waals surface area contributed by atoms with E-state index in [0.717, 1.165) is 0 Å². The van der Waals surface area contributed by atoms with Crippen LogP contribution in [0.4, 0.5) is 5.69 Å². The van der Waals surface area contributed by atoms with Crippen molar-refractivity contribution in [1.82, 2.24) is 0 Å². The molecule has 1 aromatic carbocycles. The zero-order valence-corrected chi connectivity index (χ0v) is 13.5. The molecule has 0 aliphatic carbocycles. The highest BCUT2D eigenvalue weighted by atomic mass is 32.2. The van der Waals surface area contributed by atoms with Gasteiger partial charge in [-0.2, -0.15) is 8.42 Å². The van der Waals surface area contributed by atoms with Crippen molar-refractivity contribution in [2.75, 3.05) is 38.2 Å². The molecular weight excluding hydrogens is 314 g/mol. The third kappa shape index (κ3) is 6.06. The fourth-order valence-corrected chi connectivity index (χ4v) is 2.40. The molecule has 22 heavy (non-hydrogen) atoms. The van der Waals surface area contributed by atoms with Gasteiger partial charge in [0.05, 0.1) is 39.2 Å². The Kier molecular flexibility index (Phi) is 6.88. The maximum Gasteiger partial charge on any atom is 0.267 e. The Labute approximate surface area is 129 Å². The van der Waals surface area contributed by atoms with Crippen molar-refractivity contribution in [1.29, 1.82) is 0 Å². The van der Waals surface area contributed by atoms with Crippen molar-refractivity contribution in [2.45, 2.75) is 13.0 Å². The summed E-state index contributed by atoms with van der Waals surface area (Å²) in [5, 5.41) is 11.1. The molecule has 1 rings (SSSR count). The Hall–Kier alpha value is -1.55. The Bertz CT molecular complexity index is 554. The molecular formula is C13H21NO7S. The zero-order valence-electron chi connectivity index (χ0n) is 12.7. The lowest BCUT2D eigenvalue weighted by molar-refractivity contribution is 0.0864. The monoisotopic (exact) mass is 335 g/mol. The normalized spacial score (nSPS) is 12.8. The van der Waals surface area contributed by atoms with Gasteiger partial charge in [0, 0.05) is 18.2 Å².